The molecule has 9 saturated heterocycles. The van der Waals surface area contributed by atoms with Gasteiger partial charge in [-0.1, -0.05) is 43.5 Å². The van der Waals surface area contributed by atoms with Crippen LogP contribution in [0.25, 0.3) is 33.5 Å². The average Bonchev–Trinajstić information content (AvgIpc) is 1.62. The average molecular weight is 2110 g/mol. The summed E-state index contributed by atoms with van der Waals surface area (Å²) in [4.78, 5) is 157. The summed E-state index contributed by atoms with van der Waals surface area (Å²) in [5.74, 6) is -2.57. The van der Waals surface area contributed by atoms with E-state index in [2.05, 4.69) is 119 Å². The third-order valence-corrected chi connectivity index (χ3v) is 29.6. The largest absolute Gasteiger partial charge is 0.472 e. The number of ketones is 3. The van der Waals surface area contributed by atoms with Gasteiger partial charge in [0.2, 0.25) is 17.8 Å². The van der Waals surface area contributed by atoms with E-state index in [0.29, 0.717) is 0 Å². The molecule has 21 heterocycles. The highest BCUT2D eigenvalue weighted by molar-refractivity contribution is 8.44. The highest BCUT2D eigenvalue weighted by Gasteiger charge is 2.61. The molecule has 21 rings (SSSR count). The van der Waals surface area contributed by atoms with E-state index in [9.17, 15) is 66.9 Å². The maximum atomic E-state index is 15.9. The van der Waals surface area contributed by atoms with E-state index in [1.807, 2.05) is 0 Å². The Morgan fingerprint density at radius 2 is 0.622 bits per heavy atom. The van der Waals surface area contributed by atoms with Crippen molar-refractivity contribution < 1.29 is 162 Å². The molecule has 0 aliphatic carbocycles. The standard InChI is InChI=1S/2C19H20F2N10O11P2S.C19H20F2N10O10P2S2/c2*20-8-6-3-37-43(34,35)41-12-7(40-17(9(12)21)30-14-10(26-28-30)5(32)1-2-23-14)4-38-44(36,45)42-13(8)18(39-6)31-15-11(27-29-31)16(33)25-19(22)24-15;20-8-6-3-36-42(34,44)40-12-7(39-17(9(12)21)30-14-10(26-28-30)5(32)1-2-23-14)4-37-43(35,45)41-13(8)18(38-6)31-15-11(27-29-31)16(33)25-19(22)24-15/h2*2,6-9,12-13,17-18H,1,3-4H2,(H,34,35)(H,36,45)(H3,22,24,25,33);2,6-9,12-13,17-18H,1,3-4H2,(H,34,44)(H,35,45)(H3,22,24,25,33)/t2*6-,7-,8-,9+,12-,13-,17-,18-,44?;6-,7-,8-,9+,12-,13-,17-,18-,42?,43?/m111/s1. The van der Waals surface area contributed by atoms with Crippen LogP contribution in [-0.4, -0.2) is 330 Å². The van der Waals surface area contributed by atoms with Gasteiger partial charge in [-0.15, -0.1) is 30.6 Å². The van der Waals surface area contributed by atoms with Crippen LogP contribution in [0.15, 0.2) is 29.4 Å². The highest BCUT2D eigenvalue weighted by atomic mass is 32.7. The number of halogens is 6. The van der Waals surface area contributed by atoms with Gasteiger partial charge in [0.25, 0.3) is 16.7 Å². The van der Waals surface area contributed by atoms with E-state index in [0.717, 1.165) is 28.1 Å². The summed E-state index contributed by atoms with van der Waals surface area (Å²) in [6.07, 6.45) is -40.0. The number of aliphatic imine (C=N–C) groups is 3. The molecule has 30 atom stereocenters. The summed E-state index contributed by atoms with van der Waals surface area (Å²) in [7, 11) is -10.4. The Hall–Kier alpha value is -8.67. The molecule has 14 N–H and O–H groups in total. The number of hydrogen-bond acceptors (Lipinski definition) is 51. The van der Waals surface area contributed by atoms with Crippen LogP contribution < -0.4 is 33.9 Å². The lowest BCUT2D eigenvalue weighted by Gasteiger charge is -2.27. The third-order valence-electron chi connectivity index (χ3n) is 21.3. The SMILES string of the molecule is Nc1nc2c(nnn2[C@@H]2O[C@@H]3COP(=O)(O)O[C@H]4[C@H](F)[C@H](n5nnc6c5N=CCC6=O)O[C@@H]4COP(=O)(S)O[C@@H]2[C@@H]3F)c(=O)[nH]1.Nc1nc2c(nnn2[C@@H]2O[C@@H]3COP(=O)(O)O[C@H]4[C@H](F)[C@H](n5nnc6c5N=CCC6=O)O[C@@H]4COP(O)(=S)O[C@@H]2[C@@H]3F)c(=O)[nH]1.Nc1nc2c(nnn2[C@@H]2O[C@@H]3COP(O)(=S)O[C@H]4[C@H](F)[C@H](n5nnc6c5N=CCC6=O)O[C@@H]4COP(O)(=S)O[C@@H]2[C@@H]3F)c(=O)[nH]1. The van der Waals surface area contributed by atoms with Crippen LogP contribution >= 0.6 is 54.8 Å². The Balaban J connectivity index is 0.000000130. The Bertz CT molecular complexity index is 6260. The molecule has 9 fully saturated rings. The summed E-state index contributed by atoms with van der Waals surface area (Å²) >= 11 is 19.2. The van der Waals surface area contributed by atoms with Crippen molar-refractivity contribution >= 4 is 195 Å². The lowest BCUT2D eigenvalue weighted by molar-refractivity contribution is -0.0682. The second-order valence-electron chi connectivity index (χ2n) is 30.0. The number of rotatable bonds is 6. The number of aromatic amines is 3. The fraction of sp³-hybridized carbons (Fsp3) is 0.579. The fourth-order valence-electron chi connectivity index (χ4n) is 15.3. The predicted octanol–water partition coefficient (Wildman–Crippen LogP) is -1.21. The molecule has 12 aliphatic heterocycles. The van der Waals surface area contributed by atoms with Gasteiger partial charge in [-0.25, -0.2) is 55.0 Å². The molecule has 0 spiro atoms. The minimum Gasteiger partial charge on any atom is -0.369 e. The van der Waals surface area contributed by atoms with Crippen molar-refractivity contribution in [1.82, 2.24) is 120 Å². The molecule has 78 heteroatoms. The van der Waals surface area contributed by atoms with Crippen LogP contribution in [0.1, 0.15) is 88.1 Å². The quantitative estimate of drug-likeness (QED) is 0.0528. The summed E-state index contributed by atoms with van der Waals surface area (Å²) < 4.78 is 237. The first-order valence-corrected chi connectivity index (χ1v) is 52.0. The molecule has 62 nitrogen and oxygen atoms in total. The number of carbonyl (C=O) groups excluding carboxylic acids is 3. The first-order valence-electron chi connectivity index (χ1n) is 38.5. The molecular weight excluding hydrogens is 2040 g/mol. The maximum Gasteiger partial charge on any atom is 0.472 e. The van der Waals surface area contributed by atoms with E-state index in [1.165, 1.54) is 18.6 Å². The van der Waals surface area contributed by atoms with Crippen molar-refractivity contribution in [2.45, 2.75) is 167 Å². The van der Waals surface area contributed by atoms with Crippen LogP contribution in [0.5, 0.6) is 0 Å². The molecule has 0 saturated carbocycles. The number of H-pyrrole nitrogens is 3. The summed E-state index contributed by atoms with van der Waals surface area (Å²) in [6, 6.07) is 0. The number of phosphoric ester groups is 2. The van der Waals surface area contributed by atoms with E-state index < -0.39 is 264 Å². The molecule has 0 radical (unpaired) electrons. The van der Waals surface area contributed by atoms with Gasteiger partial charge in [-0.05, 0) is 35.4 Å². The number of aromatic nitrogens is 24. The number of nitrogens with one attached hydrogen (secondary N) is 3. The van der Waals surface area contributed by atoms with Crippen molar-refractivity contribution in [3.63, 3.8) is 0 Å². The van der Waals surface area contributed by atoms with Gasteiger partial charge in [0.05, 0.1) is 39.6 Å². The molecular formula is C57H60F6N30O32P6S4. The van der Waals surface area contributed by atoms with Crippen molar-refractivity contribution in [1.29, 1.82) is 0 Å². The Kier molecular flexibility index (Phi) is 25.5. The highest BCUT2D eigenvalue weighted by Crippen LogP contribution is 2.61. The monoisotopic (exact) mass is 2100 g/mol. The smallest absolute Gasteiger partial charge is 0.369 e. The van der Waals surface area contributed by atoms with Crippen LogP contribution in [0.2, 0.25) is 0 Å². The minimum absolute atomic E-state index is 0.0212. The number of ether oxygens (including phenoxy) is 6. The molecule has 135 heavy (non-hydrogen) atoms. The van der Waals surface area contributed by atoms with Crippen LogP contribution in [-0.2, 0) is 132 Å². The van der Waals surface area contributed by atoms with Gasteiger partial charge in [-0.2, -0.15) is 43.0 Å². The van der Waals surface area contributed by atoms with Crippen molar-refractivity contribution in [3.8, 4) is 0 Å². The van der Waals surface area contributed by atoms with Crippen LogP contribution in [0.4, 0.5) is 61.6 Å². The fourth-order valence-corrected chi connectivity index (χ4v) is 22.9. The summed E-state index contributed by atoms with van der Waals surface area (Å²) in [6.45, 7) is -22.9. The molecule has 726 valence electrons. The Morgan fingerprint density at radius 3 is 0.948 bits per heavy atom. The molecule has 0 amide bonds. The number of hydrogen-bond donors (Lipinski definition) is 12. The Morgan fingerprint density at radius 1 is 0.356 bits per heavy atom. The number of anilines is 3. The first-order chi connectivity index (χ1) is 63.9. The van der Waals surface area contributed by atoms with Gasteiger partial charge in [-0.3, -0.25) is 84.4 Å². The van der Waals surface area contributed by atoms with Gasteiger partial charge in [0, 0.05) is 37.9 Å². The normalized spacial score (nSPS) is 38.8. The number of fused-ring (bicyclic) bond motifs is 15. The van der Waals surface area contributed by atoms with E-state index in [-0.39, 0.29) is 105 Å². The third kappa shape index (κ3) is 18.5. The zero-order valence-corrected chi connectivity index (χ0v) is 75.0. The zero-order valence-electron chi connectivity index (χ0n) is 66.3. The second-order valence-corrected chi connectivity index (χ2v) is 44.0. The van der Waals surface area contributed by atoms with Gasteiger partial charge >= 0.3 is 42.6 Å². The molecule has 12 aliphatic rings. The van der Waals surface area contributed by atoms with Gasteiger partial charge in [0.15, 0.2) is 160 Å². The molecule has 9 aromatic rings. The Labute approximate surface area is 759 Å². The van der Waals surface area contributed by atoms with Crippen molar-refractivity contribution in [3.05, 3.63) is 48.1 Å². The van der Waals surface area contributed by atoms with E-state index in [4.69, 9.17) is 135 Å². The van der Waals surface area contributed by atoms with Crippen molar-refractivity contribution in [2.24, 2.45) is 15.0 Å². The second kappa shape index (κ2) is 36.2. The number of Topliss-reactive ketones (excluding diaryl/α,β-unsaturated/α-hetero) is 3. The minimum atomic E-state index is -5.21. The predicted molar refractivity (Wildman–Crippen MR) is 436 cm³/mol. The number of phosphoric acid groups is 2. The molecule has 6 unspecified atom stereocenters. The number of nitrogens with zero attached hydrogens (tertiary/aromatic N) is 24. The number of nitrogens with two attached hydrogens (primary N) is 3. The molecule has 0 aromatic carbocycles. The van der Waals surface area contributed by atoms with Gasteiger partial charge < -0.3 is 83.7 Å². The number of thiol groups is 1. The number of carbonyl (C=O) groups is 3. The molecule has 9 aromatic heterocycles. The van der Waals surface area contributed by atoms with Crippen LogP contribution in [0.3, 0.4) is 0 Å². The lowest BCUT2D eigenvalue weighted by Crippen LogP contribution is -2.34. The number of alkyl halides is 6. The first kappa shape index (κ1) is 95.3. The van der Waals surface area contributed by atoms with E-state index in [1.54, 1.807) is 0 Å². The van der Waals surface area contributed by atoms with E-state index >= 15 is 26.3 Å². The zero-order chi connectivity index (χ0) is 95.5. The summed E-state index contributed by atoms with van der Waals surface area (Å²) in [5.41, 5.74) is 12.6. The number of nitrogen functional groups attached to an aromatic ring is 3. The summed E-state index contributed by atoms with van der Waals surface area (Å²) in [5, 5.41) is 44.9. The molecule has 6 bridgehead atoms. The topological polar surface area (TPSA) is 806 Å². The van der Waals surface area contributed by atoms with Crippen LogP contribution in [0, 0.1) is 0 Å². The van der Waals surface area contributed by atoms with Crippen molar-refractivity contribution in [2.75, 3.05) is 56.8 Å². The van der Waals surface area contributed by atoms with Gasteiger partial charge in [0.1, 0.15) is 73.2 Å². The maximum absolute atomic E-state index is 15.9. The lowest BCUT2D eigenvalue weighted by atomic mass is 10.1.